The number of benzene rings is 1. The van der Waals surface area contributed by atoms with E-state index >= 15 is 0 Å². The zero-order valence-corrected chi connectivity index (χ0v) is 15.8. The van der Waals surface area contributed by atoms with Gasteiger partial charge in [-0.2, -0.15) is 0 Å². The highest BCUT2D eigenvalue weighted by Gasteiger charge is 2.27. The van der Waals surface area contributed by atoms with E-state index in [2.05, 4.69) is 48.7 Å². The molecular formula is C19H29NO3Si. The number of carbonyl (C=O) groups excluding carboxylic acids is 2. The lowest BCUT2D eigenvalue weighted by Crippen LogP contribution is -2.40. The van der Waals surface area contributed by atoms with Crippen LogP contribution >= 0.6 is 0 Å². The van der Waals surface area contributed by atoms with Gasteiger partial charge in [0.15, 0.2) is 0 Å². The maximum atomic E-state index is 11.8. The van der Waals surface area contributed by atoms with Crippen LogP contribution in [0.3, 0.4) is 0 Å². The van der Waals surface area contributed by atoms with E-state index in [1.54, 1.807) is 0 Å². The molecule has 24 heavy (non-hydrogen) atoms. The Kier molecular flexibility index (Phi) is 7.03. The van der Waals surface area contributed by atoms with Gasteiger partial charge in [0.05, 0.1) is 14.7 Å². The van der Waals surface area contributed by atoms with Crippen LogP contribution in [0.5, 0.6) is 0 Å². The van der Waals surface area contributed by atoms with Gasteiger partial charge >= 0.3 is 5.97 Å². The number of carbonyl (C=O) groups is 2. The molecule has 1 N–H and O–H groups in total. The van der Waals surface area contributed by atoms with Gasteiger partial charge in [-0.3, -0.25) is 4.79 Å². The average molecular weight is 348 g/mol. The van der Waals surface area contributed by atoms with E-state index in [1.807, 2.05) is 0 Å². The molecule has 0 spiro atoms. The Bertz CT molecular complexity index is 545. The summed E-state index contributed by atoms with van der Waals surface area (Å²) >= 11 is 0. The van der Waals surface area contributed by atoms with Crippen LogP contribution in [0, 0.1) is 0 Å². The van der Waals surface area contributed by atoms with Gasteiger partial charge in [-0.15, -0.1) is 0 Å². The summed E-state index contributed by atoms with van der Waals surface area (Å²) in [5, 5.41) is 4.28. The number of nitrogens with one attached hydrogen (secondary N) is 1. The maximum Gasteiger partial charge on any atom is 0.328 e. The Hall–Kier alpha value is -1.62. The Morgan fingerprint density at radius 3 is 2.54 bits per heavy atom. The molecule has 0 radical (unpaired) electrons. The molecule has 1 aliphatic heterocycles. The molecule has 1 aromatic rings. The zero-order valence-electron chi connectivity index (χ0n) is 14.8. The predicted molar refractivity (Wildman–Crippen MR) is 99.0 cm³/mol. The molecule has 0 bridgehead atoms. The standard InChI is InChI=1S/C19H29NO3Si/c1-24(2,16-10-6-5-7-11-16)15-9-4-3-8-12-18(21)20-17-13-14-23-19(17)22/h5-7,10-11,17H,3-4,8-9,12-15H2,1-2H3,(H,20,21). The van der Waals surface area contributed by atoms with Crippen molar-refractivity contribution in [1.29, 1.82) is 0 Å². The minimum Gasteiger partial charge on any atom is -0.464 e. The highest BCUT2D eigenvalue weighted by molar-refractivity contribution is 6.89. The lowest BCUT2D eigenvalue weighted by molar-refractivity contribution is -0.141. The molecule has 2 rings (SSSR count). The summed E-state index contributed by atoms with van der Waals surface area (Å²) in [4.78, 5) is 23.1. The van der Waals surface area contributed by atoms with E-state index in [0.29, 0.717) is 19.4 Å². The molecule has 1 heterocycles. The third-order valence-electron chi connectivity index (χ3n) is 4.78. The number of unbranched alkanes of at least 4 members (excludes halogenated alkanes) is 3. The highest BCUT2D eigenvalue weighted by atomic mass is 28.3. The van der Waals surface area contributed by atoms with Gasteiger partial charge in [0.1, 0.15) is 6.04 Å². The third-order valence-corrected chi connectivity index (χ3v) is 8.28. The van der Waals surface area contributed by atoms with Crippen molar-refractivity contribution in [2.75, 3.05) is 6.61 Å². The first-order chi connectivity index (χ1) is 11.5. The van der Waals surface area contributed by atoms with Crippen LogP contribution in [0.15, 0.2) is 30.3 Å². The van der Waals surface area contributed by atoms with Gasteiger partial charge in [0.25, 0.3) is 0 Å². The number of ether oxygens (including phenoxy) is 1. The molecule has 132 valence electrons. The minimum absolute atomic E-state index is 0.0298. The number of rotatable bonds is 9. The van der Waals surface area contributed by atoms with Gasteiger partial charge < -0.3 is 10.1 Å². The minimum atomic E-state index is -1.32. The molecular weight excluding hydrogens is 318 g/mol. The van der Waals surface area contributed by atoms with Crippen molar-refractivity contribution in [3.8, 4) is 0 Å². The van der Waals surface area contributed by atoms with Crippen LogP contribution in [-0.2, 0) is 14.3 Å². The monoisotopic (exact) mass is 347 g/mol. The van der Waals surface area contributed by atoms with Crippen LogP contribution in [0.25, 0.3) is 0 Å². The number of hydrogen-bond acceptors (Lipinski definition) is 3. The molecule has 0 aromatic heterocycles. The summed E-state index contributed by atoms with van der Waals surface area (Å²) in [6.07, 6.45) is 5.46. The summed E-state index contributed by atoms with van der Waals surface area (Å²) in [6, 6.07) is 11.7. The highest BCUT2D eigenvalue weighted by Crippen LogP contribution is 2.16. The SMILES string of the molecule is C[Si](C)(CCCCCCC(=O)NC1CCOC1=O)c1ccccc1. The van der Waals surface area contributed by atoms with Gasteiger partial charge in [0, 0.05) is 12.8 Å². The molecule has 1 saturated heterocycles. The smallest absolute Gasteiger partial charge is 0.328 e. The lowest BCUT2D eigenvalue weighted by atomic mass is 10.1. The summed E-state index contributed by atoms with van der Waals surface area (Å²) in [5.74, 6) is -0.325. The van der Waals surface area contributed by atoms with Crippen molar-refractivity contribution < 1.29 is 14.3 Å². The van der Waals surface area contributed by atoms with Crippen molar-refractivity contribution in [1.82, 2.24) is 5.32 Å². The molecule has 0 aliphatic carbocycles. The Labute approximate surface area is 146 Å². The Balaban J connectivity index is 1.56. The summed E-state index contributed by atoms with van der Waals surface area (Å²) in [6.45, 7) is 5.28. The second kappa shape index (κ2) is 9.02. The van der Waals surface area contributed by atoms with Crippen molar-refractivity contribution in [3.05, 3.63) is 30.3 Å². The van der Waals surface area contributed by atoms with Crippen molar-refractivity contribution in [3.63, 3.8) is 0 Å². The molecule has 1 fully saturated rings. The van der Waals surface area contributed by atoms with E-state index in [-0.39, 0.29) is 11.9 Å². The van der Waals surface area contributed by atoms with Gasteiger partial charge in [0.2, 0.25) is 5.91 Å². The fourth-order valence-corrected chi connectivity index (χ4v) is 5.65. The molecule has 1 aromatic carbocycles. The number of amides is 1. The van der Waals surface area contributed by atoms with Gasteiger partial charge in [-0.25, -0.2) is 4.79 Å². The first kappa shape index (κ1) is 18.7. The number of esters is 1. The number of cyclic esters (lactones) is 1. The fraction of sp³-hybridized carbons (Fsp3) is 0.579. The predicted octanol–water partition coefficient (Wildman–Crippen LogP) is 2.98. The lowest BCUT2D eigenvalue weighted by Gasteiger charge is -2.22. The van der Waals surface area contributed by atoms with Crippen LogP contribution in [0.4, 0.5) is 0 Å². The molecule has 1 atom stereocenters. The largest absolute Gasteiger partial charge is 0.464 e. The van der Waals surface area contributed by atoms with E-state index in [1.165, 1.54) is 24.1 Å². The van der Waals surface area contributed by atoms with Crippen LogP contribution in [0.2, 0.25) is 19.1 Å². The average Bonchev–Trinajstić information content (AvgIpc) is 2.96. The number of hydrogen-bond donors (Lipinski definition) is 1. The van der Waals surface area contributed by atoms with Gasteiger partial charge in [-0.1, -0.05) is 73.9 Å². The topological polar surface area (TPSA) is 55.4 Å². The molecule has 5 heteroatoms. The van der Waals surface area contributed by atoms with E-state index in [4.69, 9.17) is 4.74 Å². The second-order valence-electron chi connectivity index (χ2n) is 7.24. The van der Waals surface area contributed by atoms with Crippen molar-refractivity contribution in [2.24, 2.45) is 0 Å². The Morgan fingerprint density at radius 2 is 1.88 bits per heavy atom. The third kappa shape index (κ3) is 5.78. The molecule has 1 aliphatic rings. The first-order valence-electron chi connectivity index (χ1n) is 9.00. The summed E-state index contributed by atoms with van der Waals surface area (Å²) < 4.78 is 4.84. The van der Waals surface area contributed by atoms with Crippen molar-refractivity contribution >= 4 is 25.1 Å². The Morgan fingerprint density at radius 1 is 1.17 bits per heavy atom. The van der Waals surface area contributed by atoms with E-state index in [9.17, 15) is 9.59 Å². The molecule has 0 saturated carbocycles. The van der Waals surface area contributed by atoms with E-state index in [0.717, 1.165) is 12.8 Å². The van der Waals surface area contributed by atoms with E-state index < -0.39 is 14.1 Å². The molecule has 4 nitrogen and oxygen atoms in total. The van der Waals surface area contributed by atoms with Crippen molar-refractivity contribution in [2.45, 2.75) is 63.7 Å². The maximum absolute atomic E-state index is 11.8. The zero-order chi connectivity index (χ0) is 17.4. The summed E-state index contributed by atoms with van der Waals surface area (Å²) in [5.41, 5.74) is 0. The van der Waals surface area contributed by atoms with Crippen LogP contribution < -0.4 is 10.5 Å². The quantitative estimate of drug-likeness (QED) is 0.424. The molecule has 1 unspecified atom stereocenters. The molecule has 1 amide bonds. The van der Waals surface area contributed by atoms with Crippen LogP contribution in [-0.4, -0.2) is 32.6 Å². The van der Waals surface area contributed by atoms with Crippen LogP contribution in [0.1, 0.15) is 38.5 Å². The second-order valence-corrected chi connectivity index (χ2v) is 12.1. The fourth-order valence-electron chi connectivity index (χ4n) is 3.13. The first-order valence-corrected chi connectivity index (χ1v) is 12.2. The normalized spacial score (nSPS) is 17.6. The summed E-state index contributed by atoms with van der Waals surface area (Å²) in [7, 11) is -1.32. The van der Waals surface area contributed by atoms with Gasteiger partial charge in [-0.05, 0) is 6.42 Å².